The summed E-state index contributed by atoms with van der Waals surface area (Å²) in [6.07, 6.45) is 3.89. The highest BCUT2D eigenvalue weighted by Crippen LogP contribution is 2.27. The maximum atomic E-state index is 11.8. The van der Waals surface area contributed by atoms with E-state index in [1.165, 1.54) is 12.4 Å². The van der Waals surface area contributed by atoms with Gasteiger partial charge >= 0.3 is 0 Å². The van der Waals surface area contributed by atoms with Crippen LogP contribution >= 0.6 is 0 Å². The third kappa shape index (κ3) is 3.94. The number of ether oxygens (including phenoxy) is 1. The number of aromatic nitrogens is 2. The molecular formula is C16H20N4O2. The minimum atomic E-state index is -0.165. The molecule has 2 aromatic rings. The van der Waals surface area contributed by atoms with Crippen LogP contribution < -0.4 is 15.4 Å². The van der Waals surface area contributed by atoms with Gasteiger partial charge in [-0.1, -0.05) is 13.0 Å². The topological polar surface area (TPSA) is 76.1 Å². The van der Waals surface area contributed by atoms with Gasteiger partial charge in [0.25, 0.3) is 5.91 Å². The summed E-state index contributed by atoms with van der Waals surface area (Å²) in [5.41, 5.74) is 2.32. The number of benzene rings is 1. The zero-order valence-corrected chi connectivity index (χ0v) is 13.0. The fraction of sp³-hybridized carbons (Fsp3) is 0.312. The van der Waals surface area contributed by atoms with Crippen molar-refractivity contribution in [3.8, 4) is 5.75 Å². The van der Waals surface area contributed by atoms with E-state index in [1.54, 1.807) is 7.11 Å². The molecule has 6 heteroatoms. The van der Waals surface area contributed by atoms with Crippen LogP contribution in [0.4, 0.5) is 11.6 Å². The van der Waals surface area contributed by atoms with Crippen molar-refractivity contribution in [1.82, 2.24) is 15.3 Å². The molecule has 0 aliphatic rings. The zero-order valence-electron chi connectivity index (χ0n) is 13.0. The van der Waals surface area contributed by atoms with E-state index in [0.717, 1.165) is 17.7 Å². The van der Waals surface area contributed by atoms with Gasteiger partial charge in [0, 0.05) is 18.9 Å². The van der Waals surface area contributed by atoms with Crippen molar-refractivity contribution in [1.29, 1.82) is 0 Å². The van der Waals surface area contributed by atoms with Crippen LogP contribution in [0, 0.1) is 6.92 Å². The fourth-order valence-electron chi connectivity index (χ4n) is 1.89. The quantitative estimate of drug-likeness (QED) is 0.857. The molecule has 0 unspecified atom stereocenters. The smallest absolute Gasteiger partial charge is 0.254 e. The summed E-state index contributed by atoms with van der Waals surface area (Å²) in [5.74, 6) is 0.955. The average Bonchev–Trinajstić information content (AvgIpc) is 2.53. The number of carbonyl (C=O) groups excluding carboxylic acids is 1. The number of nitrogens with zero attached hydrogens (tertiary/aromatic N) is 2. The summed E-state index contributed by atoms with van der Waals surface area (Å²) >= 11 is 0. The van der Waals surface area contributed by atoms with Crippen LogP contribution in [0.15, 0.2) is 30.6 Å². The zero-order chi connectivity index (χ0) is 15.9. The molecule has 1 aromatic heterocycles. The molecule has 1 aromatic carbocycles. The number of hydrogen-bond donors (Lipinski definition) is 2. The second-order valence-electron chi connectivity index (χ2n) is 4.88. The molecule has 0 aliphatic carbocycles. The summed E-state index contributed by atoms with van der Waals surface area (Å²) in [6, 6.07) is 5.79. The first kappa shape index (κ1) is 15.8. The van der Waals surface area contributed by atoms with Gasteiger partial charge in [0.1, 0.15) is 5.75 Å². The fourth-order valence-corrected chi connectivity index (χ4v) is 1.89. The van der Waals surface area contributed by atoms with Gasteiger partial charge < -0.3 is 15.4 Å². The molecule has 0 bridgehead atoms. The lowest BCUT2D eigenvalue weighted by molar-refractivity contribution is 0.0953. The number of hydrogen-bond acceptors (Lipinski definition) is 5. The molecule has 1 amide bonds. The van der Waals surface area contributed by atoms with E-state index in [9.17, 15) is 4.79 Å². The van der Waals surface area contributed by atoms with E-state index < -0.39 is 0 Å². The molecule has 0 atom stereocenters. The molecule has 0 saturated heterocycles. The van der Waals surface area contributed by atoms with Gasteiger partial charge in [-0.05, 0) is 31.0 Å². The lowest BCUT2D eigenvalue weighted by atomic mass is 10.2. The molecule has 0 radical (unpaired) electrons. The van der Waals surface area contributed by atoms with Crippen molar-refractivity contribution in [2.75, 3.05) is 19.0 Å². The van der Waals surface area contributed by atoms with E-state index in [1.807, 2.05) is 32.0 Å². The lowest BCUT2D eigenvalue weighted by Gasteiger charge is -2.11. The van der Waals surface area contributed by atoms with E-state index in [2.05, 4.69) is 20.6 Å². The summed E-state index contributed by atoms with van der Waals surface area (Å²) in [6.45, 7) is 4.63. The highest BCUT2D eigenvalue weighted by molar-refractivity contribution is 5.93. The Morgan fingerprint density at radius 1 is 1.27 bits per heavy atom. The van der Waals surface area contributed by atoms with Crippen LogP contribution in [0.1, 0.15) is 29.3 Å². The predicted octanol–water partition coefficient (Wildman–Crippen LogP) is 2.68. The minimum Gasteiger partial charge on any atom is -0.495 e. The minimum absolute atomic E-state index is 0.165. The van der Waals surface area contributed by atoms with Crippen molar-refractivity contribution in [2.24, 2.45) is 0 Å². The normalized spacial score (nSPS) is 10.1. The first-order chi connectivity index (χ1) is 10.6. The van der Waals surface area contributed by atoms with Crippen LogP contribution in [0.25, 0.3) is 0 Å². The molecule has 0 spiro atoms. The van der Waals surface area contributed by atoms with Crippen LogP contribution in [-0.4, -0.2) is 29.5 Å². The number of methoxy groups -OCH3 is 1. The monoisotopic (exact) mass is 300 g/mol. The van der Waals surface area contributed by atoms with Crippen LogP contribution in [0.2, 0.25) is 0 Å². The maximum Gasteiger partial charge on any atom is 0.254 e. The second-order valence-corrected chi connectivity index (χ2v) is 4.88. The van der Waals surface area contributed by atoms with E-state index in [0.29, 0.717) is 23.8 Å². The Balaban J connectivity index is 2.11. The standard InChI is InChI=1S/C16H20N4O2/c1-4-7-17-15(21)12-9-18-16(19-10-12)20-13-8-11(2)5-6-14(13)22-3/h5-6,8-10H,4,7H2,1-3H3,(H,17,21)(H,18,19,20). The highest BCUT2D eigenvalue weighted by Gasteiger charge is 2.08. The third-order valence-corrected chi connectivity index (χ3v) is 3.05. The lowest BCUT2D eigenvalue weighted by Crippen LogP contribution is -2.24. The van der Waals surface area contributed by atoms with Gasteiger partial charge in [0.2, 0.25) is 5.95 Å². The molecule has 0 aliphatic heterocycles. The summed E-state index contributed by atoms with van der Waals surface area (Å²) in [4.78, 5) is 20.1. The maximum absolute atomic E-state index is 11.8. The Morgan fingerprint density at radius 3 is 2.64 bits per heavy atom. The van der Waals surface area contributed by atoms with Crippen LogP contribution in [-0.2, 0) is 0 Å². The van der Waals surface area contributed by atoms with Crippen molar-refractivity contribution in [3.63, 3.8) is 0 Å². The Bertz CT molecular complexity index is 641. The van der Waals surface area contributed by atoms with Crippen molar-refractivity contribution in [3.05, 3.63) is 41.7 Å². The summed E-state index contributed by atoms with van der Waals surface area (Å²) < 4.78 is 5.30. The summed E-state index contributed by atoms with van der Waals surface area (Å²) in [7, 11) is 1.61. The Labute approximate surface area is 129 Å². The first-order valence-corrected chi connectivity index (χ1v) is 7.16. The first-order valence-electron chi connectivity index (χ1n) is 7.16. The number of rotatable bonds is 6. The molecule has 22 heavy (non-hydrogen) atoms. The Morgan fingerprint density at radius 2 is 2.00 bits per heavy atom. The van der Waals surface area contributed by atoms with Crippen LogP contribution in [0.3, 0.4) is 0 Å². The van der Waals surface area contributed by atoms with Gasteiger partial charge in [0.15, 0.2) is 0 Å². The number of carbonyl (C=O) groups is 1. The van der Waals surface area contributed by atoms with Gasteiger partial charge in [0.05, 0.1) is 18.4 Å². The van der Waals surface area contributed by atoms with Crippen molar-refractivity contribution >= 4 is 17.5 Å². The highest BCUT2D eigenvalue weighted by atomic mass is 16.5. The third-order valence-electron chi connectivity index (χ3n) is 3.05. The molecule has 2 rings (SSSR count). The van der Waals surface area contributed by atoms with Gasteiger partial charge in [-0.3, -0.25) is 4.79 Å². The number of amides is 1. The Kier molecular flexibility index (Phi) is 5.30. The number of anilines is 2. The SMILES string of the molecule is CCCNC(=O)c1cnc(Nc2cc(C)ccc2OC)nc1. The van der Waals surface area contributed by atoms with Gasteiger partial charge in [-0.25, -0.2) is 9.97 Å². The summed E-state index contributed by atoms with van der Waals surface area (Å²) in [5, 5.41) is 5.88. The predicted molar refractivity (Wildman–Crippen MR) is 85.7 cm³/mol. The Hall–Kier alpha value is -2.63. The number of aryl methyl sites for hydroxylation is 1. The number of nitrogens with one attached hydrogen (secondary N) is 2. The van der Waals surface area contributed by atoms with Crippen molar-refractivity contribution in [2.45, 2.75) is 20.3 Å². The molecule has 6 nitrogen and oxygen atoms in total. The van der Waals surface area contributed by atoms with E-state index in [4.69, 9.17) is 4.74 Å². The largest absolute Gasteiger partial charge is 0.495 e. The molecule has 116 valence electrons. The van der Waals surface area contributed by atoms with E-state index in [-0.39, 0.29) is 5.91 Å². The van der Waals surface area contributed by atoms with Gasteiger partial charge in [-0.15, -0.1) is 0 Å². The van der Waals surface area contributed by atoms with Crippen LogP contribution in [0.5, 0.6) is 5.75 Å². The molecule has 2 N–H and O–H groups in total. The molecular weight excluding hydrogens is 280 g/mol. The molecule has 1 heterocycles. The molecule has 0 fully saturated rings. The average molecular weight is 300 g/mol. The van der Waals surface area contributed by atoms with Gasteiger partial charge in [-0.2, -0.15) is 0 Å². The molecule has 0 saturated carbocycles. The van der Waals surface area contributed by atoms with E-state index >= 15 is 0 Å². The van der Waals surface area contributed by atoms with Crippen molar-refractivity contribution < 1.29 is 9.53 Å². The second kappa shape index (κ2) is 7.40.